The van der Waals surface area contributed by atoms with Crippen molar-refractivity contribution >= 4 is 5.82 Å². The van der Waals surface area contributed by atoms with E-state index in [0.29, 0.717) is 17.9 Å². The summed E-state index contributed by atoms with van der Waals surface area (Å²) in [7, 11) is 0. The molecule has 0 aliphatic carbocycles. The van der Waals surface area contributed by atoms with Gasteiger partial charge in [-0.2, -0.15) is 15.5 Å². The third-order valence-electron chi connectivity index (χ3n) is 3.99. The van der Waals surface area contributed by atoms with Gasteiger partial charge in [0.05, 0.1) is 5.69 Å². The largest absolute Gasteiger partial charge is 0.363 e. The van der Waals surface area contributed by atoms with Gasteiger partial charge in [-0.3, -0.25) is 0 Å². The van der Waals surface area contributed by atoms with Gasteiger partial charge in [0.1, 0.15) is 11.6 Å². The van der Waals surface area contributed by atoms with E-state index in [9.17, 15) is 5.26 Å². The molecule has 3 aromatic rings. The Balaban J connectivity index is 1.90. The van der Waals surface area contributed by atoms with E-state index >= 15 is 0 Å². The van der Waals surface area contributed by atoms with Crippen LogP contribution in [0.2, 0.25) is 0 Å². The van der Waals surface area contributed by atoms with Crippen LogP contribution in [0.15, 0.2) is 36.8 Å². The van der Waals surface area contributed by atoms with Crippen molar-refractivity contribution in [3.05, 3.63) is 59.2 Å². The number of aromatic nitrogens is 5. The fourth-order valence-corrected chi connectivity index (χ4v) is 2.76. The molecule has 25 heavy (non-hydrogen) atoms. The lowest BCUT2D eigenvalue weighted by Crippen LogP contribution is -2.12. The molecule has 0 aliphatic rings. The zero-order valence-corrected chi connectivity index (χ0v) is 14.3. The number of aryl methyl sites for hydroxylation is 1. The summed E-state index contributed by atoms with van der Waals surface area (Å²) in [5, 5.41) is 25.5. The highest BCUT2D eigenvalue weighted by molar-refractivity contribution is 5.57. The molecule has 0 spiro atoms. The molecule has 3 aromatic heterocycles. The van der Waals surface area contributed by atoms with Crippen molar-refractivity contribution in [2.75, 3.05) is 5.32 Å². The number of hydrogen-bond donors (Lipinski definition) is 1. The van der Waals surface area contributed by atoms with E-state index in [2.05, 4.69) is 31.7 Å². The summed E-state index contributed by atoms with van der Waals surface area (Å²) in [6.45, 7) is 4.52. The standard InChI is InChI=1S/C18H19N7/c1-3-14-15(11-19)17(24-23-16(14)4-2)21-12-13-7-5-8-20-18(13)25-10-6-9-22-25/h5-10H,3-4,12H2,1-2H3,(H,21,24). The Morgan fingerprint density at radius 1 is 1.16 bits per heavy atom. The number of hydrogen-bond acceptors (Lipinski definition) is 6. The number of nitriles is 1. The molecule has 0 radical (unpaired) electrons. The zero-order valence-electron chi connectivity index (χ0n) is 14.3. The van der Waals surface area contributed by atoms with Gasteiger partial charge in [-0.15, -0.1) is 5.10 Å². The Kier molecular flexibility index (Phi) is 5.00. The van der Waals surface area contributed by atoms with Crippen molar-refractivity contribution in [3.8, 4) is 11.9 Å². The summed E-state index contributed by atoms with van der Waals surface area (Å²) in [5.74, 6) is 1.25. The molecular formula is C18H19N7. The Morgan fingerprint density at radius 3 is 2.72 bits per heavy atom. The minimum Gasteiger partial charge on any atom is -0.363 e. The lowest BCUT2D eigenvalue weighted by Gasteiger charge is -2.13. The molecule has 7 heteroatoms. The Hall–Kier alpha value is -3.27. The molecular weight excluding hydrogens is 314 g/mol. The maximum atomic E-state index is 9.57. The minimum atomic E-state index is 0.473. The SMILES string of the molecule is CCc1nnc(NCc2cccnc2-n2cccn2)c(C#N)c1CC. The van der Waals surface area contributed by atoms with Crippen molar-refractivity contribution < 1.29 is 0 Å². The van der Waals surface area contributed by atoms with Crippen molar-refractivity contribution in [1.29, 1.82) is 5.26 Å². The van der Waals surface area contributed by atoms with Crippen LogP contribution in [0.4, 0.5) is 5.82 Å². The fourth-order valence-electron chi connectivity index (χ4n) is 2.76. The predicted molar refractivity (Wildman–Crippen MR) is 94.2 cm³/mol. The molecule has 0 aromatic carbocycles. The van der Waals surface area contributed by atoms with E-state index in [-0.39, 0.29) is 0 Å². The quantitative estimate of drug-likeness (QED) is 0.745. The monoisotopic (exact) mass is 333 g/mol. The van der Waals surface area contributed by atoms with Crippen molar-refractivity contribution in [3.63, 3.8) is 0 Å². The summed E-state index contributed by atoms with van der Waals surface area (Å²) >= 11 is 0. The van der Waals surface area contributed by atoms with Gasteiger partial charge >= 0.3 is 0 Å². The van der Waals surface area contributed by atoms with Crippen LogP contribution < -0.4 is 5.32 Å². The summed E-state index contributed by atoms with van der Waals surface area (Å²) in [6.07, 6.45) is 6.80. The van der Waals surface area contributed by atoms with Crippen LogP contribution >= 0.6 is 0 Å². The van der Waals surface area contributed by atoms with E-state index in [1.165, 1.54) is 0 Å². The van der Waals surface area contributed by atoms with Crippen molar-refractivity contribution in [2.24, 2.45) is 0 Å². The Labute approximate surface area is 146 Å². The van der Waals surface area contributed by atoms with Gasteiger partial charge in [0.2, 0.25) is 0 Å². The van der Waals surface area contributed by atoms with E-state index in [1.807, 2.05) is 38.2 Å². The summed E-state index contributed by atoms with van der Waals surface area (Å²) in [5.41, 5.74) is 3.36. The highest BCUT2D eigenvalue weighted by Gasteiger charge is 2.15. The van der Waals surface area contributed by atoms with Crippen LogP contribution in [-0.4, -0.2) is 25.0 Å². The first-order valence-corrected chi connectivity index (χ1v) is 8.24. The molecule has 3 rings (SSSR count). The summed E-state index contributed by atoms with van der Waals surface area (Å²) in [4.78, 5) is 4.40. The predicted octanol–water partition coefficient (Wildman–Crippen LogP) is 2.67. The third-order valence-corrected chi connectivity index (χ3v) is 3.99. The molecule has 126 valence electrons. The Bertz CT molecular complexity index is 894. The van der Waals surface area contributed by atoms with Crippen LogP contribution in [0.25, 0.3) is 5.82 Å². The smallest absolute Gasteiger partial charge is 0.167 e. The maximum Gasteiger partial charge on any atom is 0.167 e. The number of rotatable bonds is 6. The van der Waals surface area contributed by atoms with Crippen molar-refractivity contribution in [2.45, 2.75) is 33.2 Å². The highest BCUT2D eigenvalue weighted by Crippen LogP contribution is 2.21. The second kappa shape index (κ2) is 7.53. The Morgan fingerprint density at radius 2 is 2.04 bits per heavy atom. The van der Waals surface area contributed by atoms with Crippen LogP contribution in [0.1, 0.15) is 36.2 Å². The first-order chi connectivity index (χ1) is 12.3. The molecule has 0 unspecified atom stereocenters. The topological polar surface area (TPSA) is 92.3 Å². The summed E-state index contributed by atoms with van der Waals surface area (Å²) in [6, 6.07) is 7.96. The molecule has 7 nitrogen and oxygen atoms in total. The summed E-state index contributed by atoms with van der Waals surface area (Å²) < 4.78 is 1.71. The number of anilines is 1. The van der Waals surface area contributed by atoms with Gasteiger partial charge in [0.25, 0.3) is 0 Å². The first-order valence-electron chi connectivity index (χ1n) is 8.24. The van der Waals surface area contributed by atoms with Crippen molar-refractivity contribution in [1.82, 2.24) is 25.0 Å². The molecule has 1 N–H and O–H groups in total. The molecule has 0 fully saturated rings. The fraction of sp³-hybridized carbons (Fsp3) is 0.278. The van der Waals surface area contributed by atoms with E-state index in [0.717, 1.165) is 35.5 Å². The van der Waals surface area contributed by atoms with Crippen LogP contribution in [0.3, 0.4) is 0 Å². The van der Waals surface area contributed by atoms with Gasteiger partial charge in [-0.05, 0) is 30.5 Å². The zero-order chi connectivity index (χ0) is 17.6. The van der Waals surface area contributed by atoms with E-state index < -0.39 is 0 Å². The minimum absolute atomic E-state index is 0.473. The normalized spacial score (nSPS) is 10.4. The second-order valence-electron chi connectivity index (χ2n) is 5.46. The maximum absolute atomic E-state index is 9.57. The van der Waals surface area contributed by atoms with Crippen LogP contribution in [0.5, 0.6) is 0 Å². The van der Waals surface area contributed by atoms with Crippen LogP contribution in [0, 0.1) is 11.3 Å². The molecule has 3 heterocycles. The third kappa shape index (κ3) is 3.33. The van der Waals surface area contributed by atoms with Gasteiger partial charge < -0.3 is 5.32 Å². The lowest BCUT2D eigenvalue weighted by atomic mass is 10.0. The highest BCUT2D eigenvalue weighted by atomic mass is 15.3. The molecule has 0 saturated carbocycles. The molecule has 0 saturated heterocycles. The van der Waals surface area contributed by atoms with Gasteiger partial charge in [0, 0.05) is 30.7 Å². The average Bonchev–Trinajstić information content (AvgIpc) is 3.20. The van der Waals surface area contributed by atoms with Crippen LogP contribution in [-0.2, 0) is 19.4 Å². The number of nitrogens with zero attached hydrogens (tertiary/aromatic N) is 6. The number of nitrogens with one attached hydrogen (secondary N) is 1. The molecule has 0 atom stereocenters. The number of pyridine rings is 1. The molecule has 0 aliphatic heterocycles. The first kappa shape index (κ1) is 16.6. The van der Waals surface area contributed by atoms with Gasteiger partial charge in [0.15, 0.2) is 11.6 Å². The molecule has 0 amide bonds. The van der Waals surface area contributed by atoms with Gasteiger partial charge in [-0.25, -0.2) is 9.67 Å². The average molecular weight is 333 g/mol. The lowest BCUT2D eigenvalue weighted by molar-refractivity contribution is 0.825. The van der Waals surface area contributed by atoms with E-state index in [1.54, 1.807) is 17.1 Å². The van der Waals surface area contributed by atoms with E-state index in [4.69, 9.17) is 0 Å². The molecule has 0 bridgehead atoms. The second-order valence-corrected chi connectivity index (χ2v) is 5.46. The van der Waals surface area contributed by atoms with Gasteiger partial charge in [-0.1, -0.05) is 19.9 Å².